The third-order valence-corrected chi connectivity index (χ3v) is 5.67. The third-order valence-electron chi connectivity index (χ3n) is 5.67. The smallest absolute Gasteiger partial charge is 0.333 e. The summed E-state index contributed by atoms with van der Waals surface area (Å²) in [5.41, 5.74) is 2.66. The predicted molar refractivity (Wildman–Crippen MR) is 99.1 cm³/mol. The van der Waals surface area contributed by atoms with Crippen LogP contribution in [0.25, 0.3) is 0 Å². The average Bonchev–Trinajstić information content (AvgIpc) is 3.23. The van der Waals surface area contributed by atoms with Gasteiger partial charge in [0.05, 0.1) is 24.9 Å². The number of rotatable bonds is 2. The number of esters is 1. The lowest BCUT2D eigenvalue weighted by Crippen LogP contribution is -2.19. The molecular weight excluding hydrogens is 316 g/mol. The molecule has 0 aromatic carbocycles. The number of carbonyl (C=O) groups is 1. The Morgan fingerprint density at radius 1 is 1.40 bits per heavy atom. The quantitative estimate of drug-likeness (QED) is 0.353. The molecular formula is C21H32O4. The second kappa shape index (κ2) is 8.33. The van der Waals surface area contributed by atoms with Crippen LogP contribution in [0.1, 0.15) is 59.3 Å². The lowest BCUT2D eigenvalue weighted by molar-refractivity contribution is -0.136. The van der Waals surface area contributed by atoms with Crippen LogP contribution in [0.3, 0.4) is 0 Å². The van der Waals surface area contributed by atoms with Crippen molar-refractivity contribution in [3.8, 4) is 0 Å². The van der Waals surface area contributed by atoms with E-state index in [1.807, 2.05) is 13.0 Å². The highest BCUT2D eigenvalue weighted by Crippen LogP contribution is 2.45. The molecule has 0 aromatic rings. The Morgan fingerprint density at radius 2 is 2.12 bits per heavy atom. The summed E-state index contributed by atoms with van der Waals surface area (Å²) in [4.78, 5) is 11.9. The Kier molecular flexibility index (Phi) is 6.64. The summed E-state index contributed by atoms with van der Waals surface area (Å²) in [6.07, 6.45) is 9.00. The highest BCUT2D eigenvalue weighted by Gasteiger charge is 2.52. The van der Waals surface area contributed by atoms with Gasteiger partial charge in [0.25, 0.3) is 0 Å². The van der Waals surface area contributed by atoms with Crippen molar-refractivity contribution in [2.45, 2.75) is 77.1 Å². The van der Waals surface area contributed by atoms with Crippen molar-refractivity contribution < 1.29 is 19.4 Å². The van der Waals surface area contributed by atoms with E-state index in [1.54, 1.807) is 0 Å². The van der Waals surface area contributed by atoms with Gasteiger partial charge in [-0.15, -0.1) is 0 Å². The molecule has 25 heavy (non-hydrogen) atoms. The number of ether oxygens (including phenoxy) is 2. The van der Waals surface area contributed by atoms with Gasteiger partial charge in [0.1, 0.15) is 0 Å². The summed E-state index contributed by atoms with van der Waals surface area (Å²) < 4.78 is 10.8. The number of carbonyl (C=O) groups excluding carboxylic acids is 1. The standard InChI is InChI=1S/C21H32O4/c1-14-7-6-12-21(4)19(25-21)13-17(16(3)20(23)24-5)10-9-15(2)18(22)11-8-14/h7,9,17-19,22H,3,6,8,10-13H2,1-2,4-5H3/b14-7+,15-9+/t17-,18+,19+,21+/m1/s1. The summed E-state index contributed by atoms with van der Waals surface area (Å²) in [6, 6.07) is 0. The number of fused-ring (bicyclic) bond motifs is 1. The van der Waals surface area contributed by atoms with Crippen molar-refractivity contribution in [1.29, 1.82) is 0 Å². The van der Waals surface area contributed by atoms with Crippen molar-refractivity contribution in [3.05, 3.63) is 35.5 Å². The zero-order chi connectivity index (χ0) is 18.6. The van der Waals surface area contributed by atoms with E-state index in [-0.39, 0.29) is 23.6 Å². The highest BCUT2D eigenvalue weighted by atomic mass is 16.6. The van der Waals surface area contributed by atoms with Crippen molar-refractivity contribution in [2.75, 3.05) is 7.11 Å². The van der Waals surface area contributed by atoms with Gasteiger partial charge in [0.15, 0.2) is 0 Å². The van der Waals surface area contributed by atoms with Gasteiger partial charge in [-0.05, 0) is 70.8 Å². The van der Waals surface area contributed by atoms with Crippen molar-refractivity contribution in [1.82, 2.24) is 0 Å². The molecule has 4 heteroatoms. The molecule has 0 amide bonds. The lowest BCUT2D eigenvalue weighted by Gasteiger charge is -2.18. The SMILES string of the molecule is C=C(C(=O)OC)[C@@H]1C/C=C(\C)[C@@H](O)CC/C(C)=C/CC[C@]2(C)O[C@H]2C1. The van der Waals surface area contributed by atoms with Gasteiger partial charge in [-0.2, -0.15) is 0 Å². The highest BCUT2D eigenvalue weighted by molar-refractivity contribution is 5.88. The van der Waals surface area contributed by atoms with Gasteiger partial charge in [0, 0.05) is 5.57 Å². The van der Waals surface area contributed by atoms with Crippen LogP contribution in [-0.2, 0) is 14.3 Å². The van der Waals surface area contributed by atoms with Crippen LogP contribution >= 0.6 is 0 Å². The van der Waals surface area contributed by atoms with Crippen molar-refractivity contribution in [2.24, 2.45) is 5.92 Å². The molecule has 0 aromatic heterocycles. The zero-order valence-electron chi connectivity index (χ0n) is 16.0. The van der Waals surface area contributed by atoms with Crippen LogP contribution in [0, 0.1) is 5.92 Å². The van der Waals surface area contributed by atoms with E-state index in [0.29, 0.717) is 12.0 Å². The molecule has 2 rings (SSSR count). The molecule has 1 aliphatic heterocycles. The second-order valence-corrected chi connectivity index (χ2v) is 7.70. The molecule has 1 N–H and O–H groups in total. The summed E-state index contributed by atoms with van der Waals surface area (Å²) in [6.45, 7) is 10.2. The first-order chi connectivity index (χ1) is 11.8. The molecule has 140 valence electrons. The normalized spacial score (nSPS) is 38.2. The molecule has 4 nitrogen and oxygen atoms in total. The van der Waals surface area contributed by atoms with Gasteiger partial charge in [0.2, 0.25) is 0 Å². The minimum Gasteiger partial charge on any atom is -0.466 e. The molecule has 0 saturated carbocycles. The van der Waals surface area contributed by atoms with Crippen LogP contribution in [0.4, 0.5) is 0 Å². The Morgan fingerprint density at radius 3 is 2.80 bits per heavy atom. The van der Waals surface area contributed by atoms with Gasteiger partial charge in [-0.3, -0.25) is 0 Å². The molecule has 1 aliphatic carbocycles. The summed E-state index contributed by atoms with van der Waals surface area (Å²) in [7, 11) is 1.38. The van der Waals surface area contributed by atoms with E-state index in [1.165, 1.54) is 12.7 Å². The van der Waals surface area contributed by atoms with E-state index >= 15 is 0 Å². The van der Waals surface area contributed by atoms with E-state index < -0.39 is 6.10 Å². The predicted octanol–water partition coefficient (Wildman–Crippen LogP) is 4.10. The summed E-state index contributed by atoms with van der Waals surface area (Å²) in [5, 5.41) is 10.4. The van der Waals surface area contributed by atoms with Crippen LogP contribution in [0.5, 0.6) is 0 Å². The number of methoxy groups -OCH3 is 1. The van der Waals surface area contributed by atoms with E-state index in [4.69, 9.17) is 9.47 Å². The lowest BCUT2D eigenvalue weighted by atomic mass is 9.86. The monoisotopic (exact) mass is 348 g/mol. The minimum atomic E-state index is -0.444. The molecule has 1 fully saturated rings. The molecule has 1 heterocycles. The second-order valence-electron chi connectivity index (χ2n) is 7.70. The van der Waals surface area contributed by atoms with Crippen LogP contribution in [-0.4, -0.2) is 36.0 Å². The number of hydrogen-bond donors (Lipinski definition) is 1. The summed E-state index contributed by atoms with van der Waals surface area (Å²) >= 11 is 0. The molecule has 2 aliphatic rings. The molecule has 0 radical (unpaired) electrons. The average molecular weight is 348 g/mol. The Balaban J connectivity index is 2.17. The molecule has 1 saturated heterocycles. The maximum Gasteiger partial charge on any atom is 0.333 e. The van der Waals surface area contributed by atoms with E-state index in [2.05, 4.69) is 26.5 Å². The fourth-order valence-electron chi connectivity index (χ4n) is 3.51. The van der Waals surface area contributed by atoms with Crippen LogP contribution in [0.15, 0.2) is 35.5 Å². The maximum atomic E-state index is 11.9. The van der Waals surface area contributed by atoms with Gasteiger partial charge in [-0.25, -0.2) is 4.79 Å². The number of aliphatic hydroxyl groups excluding tert-OH is 1. The first kappa shape index (κ1) is 19.9. The zero-order valence-corrected chi connectivity index (χ0v) is 16.0. The number of epoxide rings is 1. The number of aliphatic hydroxyl groups is 1. The summed E-state index contributed by atoms with van der Waals surface area (Å²) in [5.74, 6) is -0.389. The number of hydrogen-bond acceptors (Lipinski definition) is 4. The molecule has 0 unspecified atom stereocenters. The number of allylic oxidation sites excluding steroid dienone is 3. The van der Waals surface area contributed by atoms with Gasteiger partial charge < -0.3 is 14.6 Å². The molecule has 0 spiro atoms. The fourth-order valence-corrected chi connectivity index (χ4v) is 3.51. The molecule has 0 bridgehead atoms. The van der Waals surface area contributed by atoms with Crippen molar-refractivity contribution >= 4 is 5.97 Å². The van der Waals surface area contributed by atoms with Crippen LogP contribution in [0.2, 0.25) is 0 Å². The Bertz CT molecular complexity index is 574. The first-order valence-corrected chi connectivity index (χ1v) is 9.22. The third kappa shape index (κ3) is 5.29. The molecule has 4 atom stereocenters. The van der Waals surface area contributed by atoms with Crippen LogP contribution < -0.4 is 0 Å². The topological polar surface area (TPSA) is 59.1 Å². The maximum absolute atomic E-state index is 11.9. The minimum absolute atomic E-state index is 0.0263. The van der Waals surface area contributed by atoms with Gasteiger partial charge >= 0.3 is 5.97 Å². The largest absolute Gasteiger partial charge is 0.466 e. The fraction of sp³-hybridized carbons (Fsp3) is 0.667. The first-order valence-electron chi connectivity index (χ1n) is 9.22. The Hall–Kier alpha value is -1.39. The Labute approximate surface area is 151 Å². The van der Waals surface area contributed by atoms with Gasteiger partial charge in [-0.1, -0.05) is 24.3 Å². The van der Waals surface area contributed by atoms with E-state index in [9.17, 15) is 9.90 Å². The van der Waals surface area contributed by atoms with E-state index in [0.717, 1.165) is 37.7 Å². The van der Waals surface area contributed by atoms with Crippen molar-refractivity contribution in [3.63, 3.8) is 0 Å².